The smallest absolute Gasteiger partial charge is 0.0386 e. The van der Waals surface area contributed by atoms with Crippen molar-refractivity contribution in [3.8, 4) is 0 Å². The molecule has 0 spiro atoms. The van der Waals surface area contributed by atoms with Crippen LogP contribution in [0.1, 0.15) is 33.1 Å². The lowest BCUT2D eigenvalue weighted by Crippen LogP contribution is -2.39. The average molecular weight is 139 g/mol. The van der Waals surface area contributed by atoms with Gasteiger partial charge in [-0.1, -0.05) is 19.1 Å². The van der Waals surface area contributed by atoms with Crippen molar-refractivity contribution in [2.24, 2.45) is 0 Å². The van der Waals surface area contributed by atoms with Gasteiger partial charge in [-0.25, -0.2) is 0 Å². The minimum Gasteiger partial charge on any atom is -0.308 e. The van der Waals surface area contributed by atoms with Gasteiger partial charge in [-0.3, -0.25) is 0 Å². The zero-order valence-electron chi connectivity index (χ0n) is 7.04. The summed E-state index contributed by atoms with van der Waals surface area (Å²) in [5, 5.41) is 3.52. The van der Waals surface area contributed by atoms with Crippen molar-refractivity contribution in [3.05, 3.63) is 12.2 Å². The molecule has 58 valence electrons. The van der Waals surface area contributed by atoms with E-state index in [-0.39, 0.29) is 0 Å². The fourth-order valence-electron chi connectivity index (χ4n) is 1.77. The van der Waals surface area contributed by atoms with Gasteiger partial charge in [0, 0.05) is 5.54 Å². The standard InChI is InChI=1S/C9H17N/c1-4-9(8(2)3)6-5-7-10-9/h10H,2,4-7H2,1,3H3. The van der Waals surface area contributed by atoms with Crippen LogP contribution in [0.3, 0.4) is 0 Å². The summed E-state index contributed by atoms with van der Waals surface area (Å²) in [6.45, 7) is 9.54. The van der Waals surface area contributed by atoms with Gasteiger partial charge in [-0.2, -0.15) is 0 Å². The van der Waals surface area contributed by atoms with E-state index in [0.29, 0.717) is 5.54 Å². The molecular weight excluding hydrogens is 122 g/mol. The van der Waals surface area contributed by atoms with Gasteiger partial charge in [-0.15, -0.1) is 0 Å². The molecule has 0 radical (unpaired) electrons. The number of hydrogen-bond donors (Lipinski definition) is 1. The molecule has 1 fully saturated rings. The molecule has 0 aromatic heterocycles. The van der Waals surface area contributed by atoms with Gasteiger partial charge in [0.1, 0.15) is 0 Å². The Hall–Kier alpha value is -0.300. The summed E-state index contributed by atoms with van der Waals surface area (Å²) in [6.07, 6.45) is 3.77. The molecular formula is C9H17N. The Labute approximate surface area is 63.5 Å². The molecule has 1 nitrogen and oxygen atoms in total. The van der Waals surface area contributed by atoms with Crippen LogP contribution >= 0.6 is 0 Å². The average Bonchev–Trinajstić information content (AvgIpc) is 2.35. The van der Waals surface area contributed by atoms with Crippen LogP contribution in [0.2, 0.25) is 0 Å². The lowest BCUT2D eigenvalue weighted by atomic mass is 9.87. The van der Waals surface area contributed by atoms with E-state index in [9.17, 15) is 0 Å². The first kappa shape index (κ1) is 7.80. The molecule has 1 heterocycles. The maximum atomic E-state index is 4.02. The fourth-order valence-corrected chi connectivity index (χ4v) is 1.77. The molecule has 0 aromatic rings. The van der Waals surface area contributed by atoms with Gasteiger partial charge in [0.15, 0.2) is 0 Å². The minimum absolute atomic E-state index is 0.292. The Kier molecular flexibility index (Phi) is 2.14. The first-order valence-electron chi connectivity index (χ1n) is 4.12. The third-order valence-electron chi connectivity index (χ3n) is 2.66. The Balaban J connectivity index is 2.67. The summed E-state index contributed by atoms with van der Waals surface area (Å²) in [7, 11) is 0. The Morgan fingerprint density at radius 2 is 2.40 bits per heavy atom. The monoisotopic (exact) mass is 139 g/mol. The molecule has 10 heavy (non-hydrogen) atoms. The molecule has 1 heteroatoms. The van der Waals surface area contributed by atoms with Crippen LogP contribution in [0.15, 0.2) is 12.2 Å². The van der Waals surface area contributed by atoms with Crippen LogP contribution < -0.4 is 5.32 Å². The van der Waals surface area contributed by atoms with Gasteiger partial charge >= 0.3 is 0 Å². The van der Waals surface area contributed by atoms with E-state index in [1.165, 1.54) is 31.4 Å². The van der Waals surface area contributed by atoms with Gasteiger partial charge in [-0.05, 0) is 32.7 Å². The van der Waals surface area contributed by atoms with Crippen molar-refractivity contribution in [3.63, 3.8) is 0 Å². The zero-order chi connectivity index (χ0) is 7.61. The summed E-state index contributed by atoms with van der Waals surface area (Å²) in [5.41, 5.74) is 1.59. The molecule has 0 amide bonds. The second-order valence-electron chi connectivity index (χ2n) is 3.25. The summed E-state index contributed by atoms with van der Waals surface area (Å²) in [4.78, 5) is 0. The van der Waals surface area contributed by atoms with Crippen molar-refractivity contribution in [1.82, 2.24) is 5.32 Å². The number of nitrogens with one attached hydrogen (secondary N) is 1. The van der Waals surface area contributed by atoms with Gasteiger partial charge in [0.05, 0.1) is 0 Å². The second kappa shape index (κ2) is 2.75. The first-order chi connectivity index (χ1) is 4.71. The fraction of sp³-hybridized carbons (Fsp3) is 0.778. The largest absolute Gasteiger partial charge is 0.308 e. The molecule has 0 aliphatic carbocycles. The summed E-state index contributed by atoms with van der Waals surface area (Å²) < 4.78 is 0. The second-order valence-corrected chi connectivity index (χ2v) is 3.25. The molecule has 1 unspecified atom stereocenters. The molecule has 0 aromatic carbocycles. The van der Waals surface area contributed by atoms with Crippen molar-refractivity contribution >= 4 is 0 Å². The maximum Gasteiger partial charge on any atom is 0.0386 e. The predicted molar refractivity (Wildman–Crippen MR) is 45.1 cm³/mol. The molecule has 1 saturated heterocycles. The van der Waals surface area contributed by atoms with Crippen LogP contribution in [0.5, 0.6) is 0 Å². The highest BCUT2D eigenvalue weighted by Gasteiger charge is 2.31. The quantitative estimate of drug-likeness (QED) is 0.578. The third-order valence-corrected chi connectivity index (χ3v) is 2.66. The van der Waals surface area contributed by atoms with E-state index in [2.05, 4.69) is 25.7 Å². The number of rotatable bonds is 2. The van der Waals surface area contributed by atoms with Crippen molar-refractivity contribution < 1.29 is 0 Å². The lowest BCUT2D eigenvalue weighted by Gasteiger charge is -2.28. The normalized spacial score (nSPS) is 32.6. The Bertz CT molecular complexity index is 132. The van der Waals surface area contributed by atoms with E-state index >= 15 is 0 Å². The predicted octanol–water partition coefficient (Wildman–Crippen LogP) is 2.09. The lowest BCUT2D eigenvalue weighted by molar-refractivity contribution is 0.429. The molecule has 1 atom stereocenters. The molecule has 0 bridgehead atoms. The first-order valence-corrected chi connectivity index (χ1v) is 4.12. The minimum atomic E-state index is 0.292. The Morgan fingerprint density at radius 1 is 1.70 bits per heavy atom. The van der Waals surface area contributed by atoms with Gasteiger partial charge in [0.2, 0.25) is 0 Å². The van der Waals surface area contributed by atoms with Crippen LogP contribution in [0.25, 0.3) is 0 Å². The third kappa shape index (κ3) is 1.10. The van der Waals surface area contributed by atoms with E-state index in [4.69, 9.17) is 0 Å². The number of hydrogen-bond acceptors (Lipinski definition) is 1. The van der Waals surface area contributed by atoms with Crippen molar-refractivity contribution in [2.45, 2.75) is 38.6 Å². The molecule has 1 aliphatic heterocycles. The highest BCUT2D eigenvalue weighted by Crippen LogP contribution is 2.28. The summed E-state index contributed by atoms with van der Waals surface area (Å²) in [5.74, 6) is 0. The van der Waals surface area contributed by atoms with E-state index in [1.807, 2.05) is 0 Å². The zero-order valence-corrected chi connectivity index (χ0v) is 7.04. The van der Waals surface area contributed by atoms with Crippen LogP contribution in [-0.2, 0) is 0 Å². The van der Waals surface area contributed by atoms with Gasteiger partial charge in [0.25, 0.3) is 0 Å². The van der Waals surface area contributed by atoms with Crippen molar-refractivity contribution in [1.29, 1.82) is 0 Å². The molecule has 1 N–H and O–H groups in total. The van der Waals surface area contributed by atoms with Crippen molar-refractivity contribution in [2.75, 3.05) is 6.54 Å². The highest BCUT2D eigenvalue weighted by atomic mass is 15.0. The maximum absolute atomic E-state index is 4.02. The summed E-state index contributed by atoms with van der Waals surface area (Å²) >= 11 is 0. The SMILES string of the molecule is C=C(C)C1(CC)CCCN1. The van der Waals surface area contributed by atoms with E-state index < -0.39 is 0 Å². The highest BCUT2D eigenvalue weighted by molar-refractivity contribution is 5.16. The topological polar surface area (TPSA) is 12.0 Å². The molecule has 1 rings (SSSR count). The Morgan fingerprint density at radius 3 is 2.60 bits per heavy atom. The molecule has 1 aliphatic rings. The van der Waals surface area contributed by atoms with Crippen LogP contribution in [0.4, 0.5) is 0 Å². The van der Waals surface area contributed by atoms with E-state index in [0.717, 1.165) is 0 Å². The van der Waals surface area contributed by atoms with E-state index in [1.54, 1.807) is 0 Å². The summed E-state index contributed by atoms with van der Waals surface area (Å²) in [6, 6.07) is 0. The van der Waals surface area contributed by atoms with Crippen LogP contribution in [-0.4, -0.2) is 12.1 Å². The van der Waals surface area contributed by atoms with Gasteiger partial charge < -0.3 is 5.32 Å². The van der Waals surface area contributed by atoms with Crippen LogP contribution in [0, 0.1) is 0 Å². The molecule has 0 saturated carbocycles.